The SMILES string of the molecule is CCC(C)(CCO)NS(=O)(=O)c1ccc(C(=O)OC)cc1. The highest BCUT2D eigenvalue weighted by atomic mass is 32.2. The number of hydrogen-bond donors (Lipinski definition) is 2. The number of benzene rings is 1. The van der Waals surface area contributed by atoms with Crippen LogP contribution in [0.3, 0.4) is 0 Å². The van der Waals surface area contributed by atoms with Gasteiger partial charge in [0.15, 0.2) is 0 Å². The van der Waals surface area contributed by atoms with Crippen molar-refractivity contribution < 1.29 is 23.1 Å². The number of sulfonamides is 1. The fraction of sp³-hybridized carbons (Fsp3) is 0.500. The third-order valence-electron chi connectivity index (χ3n) is 3.41. The summed E-state index contributed by atoms with van der Waals surface area (Å²) in [6.45, 7) is 3.48. The van der Waals surface area contributed by atoms with Gasteiger partial charge >= 0.3 is 5.97 Å². The van der Waals surface area contributed by atoms with E-state index in [1.807, 2.05) is 6.92 Å². The summed E-state index contributed by atoms with van der Waals surface area (Å²) in [6.07, 6.45) is 0.871. The maximum absolute atomic E-state index is 12.3. The standard InChI is InChI=1S/C14H21NO5S/c1-4-14(2,9-10-16)15-21(18,19)12-7-5-11(6-8-12)13(17)20-3/h5-8,15-16H,4,9-10H2,1-3H3. The first-order valence-corrected chi connectivity index (χ1v) is 8.09. The number of methoxy groups -OCH3 is 1. The molecule has 1 aromatic carbocycles. The first-order chi connectivity index (χ1) is 9.78. The van der Waals surface area contributed by atoms with Crippen molar-refractivity contribution in [1.82, 2.24) is 4.72 Å². The number of ether oxygens (including phenoxy) is 1. The Kier molecular flexibility index (Phi) is 5.88. The summed E-state index contributed by atoms with van der Waals surface area (Å²) in [5.41, 5.74) is -0.431. The van der Waals surface area contributed by atoms with Crippen molar-refractivity contribution in [3.05, 3.63) is 29.8 Å². The smallest absolute Gasteiger partial charge is 0.337 e. The third kappa shape index (κ3) is 4.52. The molecule has 0 radical (unpaired) electrons. The third-order valence-corrected chi connectivity index (χ3v) is 5.06. The quantitative estimate of drug-likeness (QED) is 0.740. The lowest BCUT2D eigenvalue weighted by molar-refractivity contribution is 0.0600. The first kappa shape index (κ1) is 17.6. The molecular formula is C14H21NO5S. The number of aliphatic hydroxyl groups is 1. The van der Waals surface area contributed by atoms with Crippen LogP contribution in [0, 0.1) is 0 Å². The van der Waals surface area contributed by atoms with Gasteiger partial charge in [0.05, 0.1) is 17.6 Å². The van der Waals surface area contributed by atoms with Gasteiger partial charge in [0.2, 0.25) is 10.0 Å². The summed E-state index contributed by atoms with van der Waals surface area (Å²) in [7, 11) is -2.45. The zero-order chi connectivity index (χ0) is 16.1. The van der Waals surface area contributed by atoms with Gasteiger partial charge in [-0.3, -0.25) is 0 Å². The van der Waals surface area contributed by atoms with Crippen LogP contribution in [0.15, 0.2) is 29.2 Å². The fourth-order valence-electron chi connectivity index (χ4n) is 1.82. The molecule has 21 heavy (non-hydrogen) atoms. The first-order valence-electron chi connectivity index (χ1n) is 6.61. The average Bonchev–Trinajstić information content (AvgIpc) is 2.46. The van der Waals surface area contributed by atoms with Crippen molar-refractivity contribution in [2.75, 3.05) is 13.7 Å². The van der Waals surface area contributed by atoms with Crippen molar-refractivity contribution in [2.24, 2.45) is 0 Å². The highest BCUT2D eigenvalue weighted by Gasteiger charge is 2.28. The molecule has 0 heterocycles. The van der Waals surface area contributed by atoms with Crippen LogP contribution in [0.5, 0.6) is 0 Å². The Morgan fingerprint density at radius 1 is 1.33 bits per heavy atom. The summed E-state index contributed by atoms with van der Waals surface area (Å²) >= 11 is 0. The van der Waals surface area contributed by atoms with Crippen molar-refractivity contribution in [1.29, 1.82) is 0 Å². The summed E-state index contributed by atoms with van der Waals surface area (Å²) in [6, 6.07) is 5.50. The second-order valence-electron chi connectivity index (χ2n) is 5.01. The van der Waals surface area contributed by atoms with E-state index in [4.69, 9.17) is 5.11 Å². The topological polar surface area (TPSA) is 92.7 Å². The molecule has 0 amide bonds. The fourth-order valence-corrected chi connectivity index (χ4v) is 3.33. The number of rotatable bonds is 7. The van der Waals surface area contributed by atoms with Gasteiger partial charge in [0.25, 0.3) is 0 Å². The van der Waals surface area contributed by atoms with Gasteiger partial charge < -0.3 is 9.84 Å². The maximum atomic E-state index is 12.3. The molecule has 0 aliphatic heterocycles. The minimum atomic E-state index is -3.71. The van der Waals surface area contributed by atoms with Crippen molar-refractivity contribution >= 4 is 16.0 Å². The van der Waals surface area contributed by atoms with Crippen LogP contribution in [0.4, 0.5) is 0 Å². The van der Waals surface area contributed by atoms with Crippen LogP contribution < -0.4 is 4.72 Å². The molecule has 1 rings (SSSR count). The molecule has 0 aromatic heterocycles. The zero-order valence-corrected chi connectivity index (χ0v) is 13.2. The molecule has 1 unspecified atom stereocenters. The zero-order valence-electron chi connectivity index (χ0n) is 12.4. The van der Waals surface area contributed by atoms with E-state index >= 15 is 0 Å². The Hall–Kier alpha value is -1.44. The Morgan fingerprint density at radius 3 is 2.33 bits per heavy atom. The number of esters is 1. The second kappa shape index (κ2) is 7.02. The molecule has 6 nitrogen and oxygen atoms in total. The van der Waals surface area contributed by atoms with Gasteiger partial charge in [-0.1, -0.05) is 6.92 Å². The minimum Gasteiger partial charge on any atom is -0.465 e. The van der Waals surface area contributed by atoms with Gasteiger partial charge in [-0.05, 0) is 44.0 Å². The molecule has 118 valence electrons. The van der Waals surface area contributed by atoms with E-state index in [0.29, 0.717) is 12.8 Å². The molecular weight excluding hydrogens is 294 g/mol. The Morgan fingerprint density at radius 2 is 1.90 bits per heavy atom. The molecule has 1 atom stereocenters. The molecule has 0 saturated heterocycles. The van der Waals surface area contributed by atoms with E-state index in [9.17, 15) is 13.2 Å². The number of carbonyl (C=O) groups is 1. The molecule has 0 aliphatic carbocycles. The molecule has 0 bridgehead atoms. The van der Waals surface area contributed by atoms with Crippen LogP contribution in [-0.2, 0) is 14.8 Å². The van der Waals surface area contributed by atoms with Gasteiger partial charge in [0, 0.05) is 12.1 Å². The summed E-state index contributed by atoms with van der Waals surface area (Å²) < 4.78 is 31.8. The van der Waals surface area contributed by atoms with Crippen LogP contribution in [0.2, 0.25) is 0 Å². The second-order valence-corrected chi connectivity index (χ2v) is 6.69. The van der Waals surface area contributed by atoms with E-state index in [0.717, 1.165) is 0 Å². The predicted octanol–water partition coefficient (Wildman–Crippen LogP) is 1.30. The molecule has 1 aromatic rings. The van der Waals surface area contributed by atoms with E-state index in [1.165, 1.54) is 31.4 Å². The molecule has 0 aliphatic rings. The number of nitrogens with one attached hydrogen (secondary N) is 1. The molecule has 0 fully saturated rings. The van der Waals surface area contributed by atoms with E-state index in [-0.39, 0.29) is 17.1 Å². The average molecular weight is 315 g/mol. The van der Waals surface area contributed by atoms with E-state index in [2.05, 4.69) is 9.46 Å². The number of hydrogen-bond acceptors (Lipinski definition) is 5. The molecule has 2 N–H and O–H groups in total. The normalized spacial score (nSPS) is 14.5. The van der Waals surface area contributed by atoms with Gasteiger partial charge in [-0.2, -0.15) is 0 Å². The Balaban J connectivity index is 3.00. The highest BCUT2D eigenvalue weighted by Crippen LogP contribution is 2.19. The van der Waals surface area contributed by atoms with Crippen molar-refractivity contribution in [3.8, 4) is 0 Å². The lowest BCUT2D eigenvalue weighted by Gasteiger charge is -2.28. The van der Waals surface area contributed by atoms with Crippen LogP contribution in [0.25, 0.3) is 0 Å². The largest absolute Gasteiger partial charge is 0.465 e. The Labute approximate surface area is 125 Å². The molecule has 0 saturated carbocycles. The lowest BCUT2D eigenvalue weighted by atomic mass is 9.97. The Bertz CT molecular complexity index is 582. The van der Waals surface area contributed by atoms with Crippen LogP contribution in [-0.4, -0.2) is 38.7 Å². The lowest BCUT2D eigenvalue weighted by Crippen LogP contribution is -2.46. The van der Waals surface area contributed by atoms with Crippen molar-refractivity contribution in [3.63, 3.8) is 0 Å². The number of carbonyl (C=O) groups excluding carboxylic acids is 1. The van der Waals surface area contributed by atoms with E-state index < -0.39 is 21.5 Å². The van der Waals surface area contributed by atoms with Gasteiger partial charge in [-0.25, -0.2) is 17.9 Å². The van der Waals surface area contributed by atoms with Crippen LogP contribution in [0.1, 0.15) is 37.0 Å². The van der Waals surface area contributed by atoms with Crippen molar-refractivity contribution in [2.45, 2.75) is 37.1 Å². The number of aliphatic hydroxyl groups excluding tert-OH is 1. The molecule has 0 spiro atoms. The van der Waals surface area contributed by atoms with Crippen LogP contribution >= 0.6 is 0 Å². The maximum Gasteiger partial charge on any atom is 0.337 e. The van der Waals surface area contributed by atoms with E-state index in [1.54, 1.807) is 6.92 Å². The predicted molar refractivity (Wildman–Crippen MR) is 78.5 cm³/mol. The van der Waals surface area contributed by atoms with Gasteiger partial charge in [-0.15, -0.1) is 0 Å². The summed E-state index contributed by atoms with van der Waals surface area (Å²) in [5, 5.41) is 9.04. The summed E-state index contributed by atoms with van der Waals surface area (Å²) in [4.78, 5) is 11.4. The van der Waals surface area contributed by atoms with Gasteiger partial charge in [0.1, 0.15) is 0 Å². The summed E-state index contributed by atoms with van der Waals surface area (Å²) in [5.74, 6) is -0.523. The highest BCUT2D eigenvalue weighted by molar-refractivity contribution is 7.89. The minimum absolute atomic E-state index is 0.0627. The molecule has 7 heteroatoms. The monoisotopic (exact) mass is 315 g/mol.